The summed E-state index contributed by atoms with van der Waals surface area (Å²) in [6.07, 6.45) is -0.778. The summed E-state index contributed by atoms with van der Waals surface area (Å²) >= 11 is 0. The van der Waals surface area contributed by atoms with Gasteiger partial charge in [-0.3, -0.25) is 9.59 Å². The molecule has 0 bridgehead atoms. The molecule has 20 heavy (non-hydrogen) atoms. The zero-order valence-corrected chi connectivity index (χ0v) is 11.1. The average Bonchev–Trinajstić information content (AvgIpc) is 2.68. The van der Waals surface area contributed by atoms with Crippen LogP contribution < -0.4 is 0 Å². The van der Waals surface area contributed by atoms with Gasteiger partial charge in [-0.15, -0.1) is 0 Å². The number of hydrogen-bond donors (Lipinski definition) is 0. The third kappa shape index (κ3) is 2.64. The van der Waals surface area contributed by atoms with Gasteiger partial charge in [-0.1, -0.05) is 0 Å². The number of ether oxygens (including phenoxy) is 2. The summed E-state index contributed by atoms with van der Waals surface area (Å²) in [5.74, 6) is -3.94. The quantitative estimate of drug-likeness (QED) is 0.799. The molecule has 2 atom stereocenters. The van der Waals surface area contributed by atoms with Crippen molar-refractivity contribution >= 4 is 11.9 Å². The summed E-state index contributed by atoms with van der Waals surface area (Å²) in [5.41, 5.74) is 0.769. The van der Waals surface area contributed by atoms with Crippen LogP contribution in [0, 0.1) is 17.6 Å². The molecular formula is C14H14F2O4. The summed E-state index contributed by atoms with van der Waals surface area (Å²) in [6, 6.07) is 2.00. The van der Waals surface area contributed by atoms with E-state index in [0.29, 0.717) is 11.1 Å². The van der Waals surface area contributed by atoms with Crippen molar-refractivity contribution in [3.63, 3.8) is 0 Å². The lowest BCUT2D eigenvalue weighted by atomic mass is 10.0. The highest BCUT2D eigenvalue weighted by molar-refractivity contribution is 5.76. The topological polar surface area (TPSA) is 52.6 Å². The second-order valence-corrected chi connectivity index (χ2v) is 4.56. The minimum Gasteiger partial charge on any atom is -0.466 e. The normalized spacial score (nSPS) is 20.4. The van der Waals surface area contributed by atoms with Gasteiger partial charge in [0.05, 0.1) is 6.61 Å². The van der Waals surface area contributed by atoms with Gasteiger partial charge in [0.15, 0.2) is 11.6 Å². The van der Waals surface area contributed by atoms with Crippen LogP contribution in [-0.2, 0) is 25.5 Å². The van der Waals surface area contributed by atoms with Crippen molar-refractivity contribution in [3.8, 4) is 0 Å². The van der Waals surface area contributed by atoms with E-state index in [0.717, 1.165) is 12.1 Å². The zero-order valence-electron chi connectivity index (χ0n) is 11.1. The number of rotatable bonds is 3. The lowest BCUT2D eigenvalue weighted by molar-refractivity contribution is -0.159. The molecule has 0 N–H and O–H groups in total. The summed E-state index contributed by atoms with van der Waals surface area (Å²) < 4.78 is 36.6. The van der Waals surface area contributed by atoms with Gasteiger partial charge in [0.1, 0.15) is 12.0 Å². The Kier molecular flexibility index (Phi) is 4.01. The van der Waals surface area contributed by atoms with Crippen molar-refractivity contribution in [2.75, 3.05) is 6.61 Å². The monoisotopic (exact) mass is 284 g/mol. The number of halogens is 2. The largest absolute Gasteiger partial charge is 0.466 e. The highest BCUT2D eigenvalue weighted by atomic mass is 19.2. The molecule has 1 aromatic carbocycles. The Labute approximate surface area is 114 Å². The standard InChI is InChI=1S/C14H14F2O4/c1-3-19-14(18)10-4-8-5-11(15)12(16)6-9(8)13(10)20-7(2)17/h5-6,10,13H,3-4H2,1-2H3. The van der Waals surface area contributed by atoms with E-state index in [4.69, 9.17) is 9.47 Å². The molecule has 1 aromatic rings. The van der Waals surface area contributed by atoms with E-state index in [1.54, 1.807) is 6.92 Å². The van der Waals surface area contributed by atoms with Gasteiger partial charge < -0.3 is 9.47 Å². The van der Waals surface area contributed by atoms with Gasteiger partial charge in [0, 0.05) is 6.92 Å². The first-order chi connectivity index (χ1) is 9.43. The first-order valence-electron chi connectivity index (χ1n) is 6.25. The lowest BCUT2D eigenvalue weighted by Gasteiger charge is -2.18. The molecule has 0 aromatic heterocycles. The third-order valence-electron chi connectivity index (χ3n) is 3.18. The van der Waals surface area contributed by atoms with Crippen molar-refractivity contribution in [3.05, 3.63) is 34.9 Å². The second kappa shape index (κ2) is 5.56. The van der Waals surface area contributed by atoms with E-state index in [1.165, 1.54) is 6.92 Å². The molecule has 108 valence electrons. The number of carbonyl (C=O) groups is 2. The van der Waals surface area contributed by atoms with Gasteiger partial charge in [0.2, 0.25) is 0 Å². The van der Waals surface area contributed by atoms with E-state index >= 15 is 0 Å². The summed E-state index contributed by atoms with van der Waals surface area (Å²) in [5, 5.41) is 0. The fourth-order valence-corrected chi connectivity index (χ4v) is 2.39. The first kappa shape index (κ1) is 14.4. The van der Waals surface area contributed by atoms with E-state index in [1.807, 2.05) is 0 Å². The van der Waals surface area contributed by atoms with Crippen molar-refractivity contribution in [1.29, 1.82) is 0 Å². The van der Waals surface area contributed by atoms with Crippen molar-refractivity contribution in [2.45, 2.75) is 26.4 Å². The van der Waals surface area contributed by atoms with Crippen LogP contribution in [0.15, 0.2) is 12.1 Å². The highest BCUT2D eigenvalue weighted by Crippen LogP contribution is 2.40. The molecule has 0 heterocycles. The number of benzene rings is 1. The van der Waals surface area contributed by atoms with Crippen LogP contribution >= 0.6 is 0 Å². The van der Waals surface area contributed by atoms with E-state index in [-0.39, 0.29) is 13.0 Å². The van der Waals surface area contributed by atoms with Gasteiger partial charge in [0.25, 0.3) is 0 Å². The Morgan fingerprint density at radius 3 is 2.55 bits per heavy atom. The molecule has 0 spiro atoms. The minimum absolute atomic E-state index is 0.156. The van der Waals surface area contributed by atoms with Gasteiger partial charge in [-0.2, -0.15) is 0 Å². The number of esters is 2. The predicted molar refractivity (Wildman–Crippen MR) is 64.7 cm³/mol. The maximum Gasteiger partial charge on any atom is 0.313 e. The van der Waals surface area contributed by atoms with Crippen molar-refractivity contribution < 1.29 is 27.8 Å². The minimum atomic E-state index is -1.04. The molecule has 2 unspecified atom stereocenters. The van der Waals surface area contributed by atoms with Crippen LogP contribution in [0.3, 0.4) is 0 Å². The van der Waals surface area contributed by atoms with Gasteiger partial charge >= 0.3 is 11.9 Å². The summed E-state index contributed by atoms with van der Waals surface area (Å²) in [6.45, 7) is 3.03. The Balaban J connectivity index is 2.38. The molecule has 0 saturated heterocycles. The Morgan fingerprint density at radius 2 is 1.95 bits per heavy atom. The Hall–Kier alpha value is -1.98. The first-order valence-corrected chi connectivity index (χ1v) is 6.25. The highest BCUT2D eigenvalue weighted by Gasteiger charge is 2.41. The molecule has 0 fully saturated rings. The molecule has 4 nitrogen and oxygen atoms in total. The van der Waals surface area contributed by atoms with Crippen LogP contribution in [0.5, 0.6) is 0 Å². The van der Waals surface area contributed by atoms with Crippen LogP contribution in [0.4, 0.5) is 8.78 Å². The predicted octanol–water partition coefficient (Wildman–Crippen LogP) is 2.30. The van der Waals surface area contributed by atoms with E-state index < -0.39 is 35.6 Å². The Morgan fingerprint density at radius 1 is 1.30 bits per heavy atom. The number of hydrogen-bond acceptors (Lipinski definition) is 4. The van der Waals surface area contributed by atoms with E-state index in [9.17, 15) is 18.4 Å². The molecule has 2 rings (SSSR count). The molecule has 6 heteroatoms. The zero-order chi connectivity index (χ0) is 14.9. The SMILES string of the molecule is CCOC(=O)C1Cc2cc(F)c(F)cc2C1OC(C)=O. The van der Waals surface area contributed by atoms with Crippen LogP contribution in [-0.4, -0.2) is 18.5 Å². The maximum absolute atomic E-state index is 13.3. The average molecular weight is 284 g/mol. The van der Waals surface area contributed by atoms with Crippen LogP contribution in [0.25, 0.3) is 0 Å². The summed E-state index contributed by atoms with van der Waals surface area (Å²) in [4.78, 5) is 23.0. The molecule has 0 aliphatic heterocycles. The lowest BCUT2D eigenvalue weighted by Crippen LogP contribution is -2.24. The van der Waals surface area contributed by atoms with Crippen LogP contribution in [0.2, 0.25) is 0 Å². The second-order valence-electron chi connectivity index (χ2n) is 4.56. The number of carbonyl (C=O) groups excluding carboxylic acids is 2. The molecule has 1 aliphatic rings. The maximum atomic E-state index is 13.3. The van der Waals surface area contributed by atoms with Crippen LogP contribution in [0.1, 0.15) is 31.1 Å². The van der Waals surface area contributed by atoms with Crippen molar-refractivity contribution in [1.82, 2.24) is 0 Å². The molecule has 0 saturated carbocycles. The fourth-order valence-electron chi connectivity index (χ4n) is 2.39. The van der Waals surface area contributed by atoms with Crippen molar-refractivity contribution in [2.24, 2.45) is 5.92 Å². The Bertz CT molecular complexity index is 556. The smallest absolute Gasteiger partial charge is 0.313 e. The summed E-state index contributed by atoms with van der Waals surface area (Å²) in [7, 11) is 0. The molecule has 1 aliphatic carbocycles. The molecule has 0 radical (unpaired) electrons. The van der Waals surface area contributed by atoms with Gasteiger partial charge in [-0.25, -0.2) is 8.78 Å². The van der Waals surface area contributed by atoms with Gasteiger partial charge in [-0.05, 0) is 36.6 Å². The fraction of sp³-hybridized carbons (Fsp3) is 0.429. The number of fused-ring (bicyclic) bond motifs is 1. The molecular weight excluding hydrogens is 270 g/mol. The molecule has 0 amide bonds. The van der Waals surface area contributed by atoms with E-state index in [2.05, 4.69) is 0 Å². The third-order valence-corrected chi connectivity index (χ3v) is 3.18.